The number of nitrogens with zero attached hydrogens (tertiary/aromatic N) is 3. The average Bonchev–Trinajstić information content (AvgIpc) is 3.27. The summed E-state index contributed by atoms with van der Waals surface area (Å²) in [4.78, 5) is 21.9. The molecule has 1 amide bonds. The molecule has 5 nitrogen and oxygen atoms in total. The van der Waals surface area contributed by atoms with E-state index in [1.54, 1.807) is 19.5 Å². The third-order valence-electron chi connectivity index (χ3n) is 6.26. The fourth-order valence-electron chi connectivity index (χ4n) is 4.86. The highest BCUT2D eigenvalue weighted by atomic mass is 35.5. The average molecular weight is 416 g/mol. The highest BCUT2D eigenvalue weighted by molar-refractivity contribution is 5.85. The summed E-state index contributed by atoms with van der Waals surface area (Å²) < 4.78 is 5.63. The van der Waals surface area contributed by atoms with Crippen LogP contribution in [0.4, 0.5) is 0 Å². The van der Waals surface area contributed by atoms with Crippen LogP contribution in [0.25, 0.3) is 0 Å². The van der Waals surface area contributed by atoms with Gasteiger partial charge in [0.25, 0.3) is 0 Å². The van der Waals surface area contributed by atoms with Gasteiger partial charge in [-0.1, -0.05) is 18.2 Å². The molecule has 29 heavy (non-hydrogen) atoms. The molecule has 4 rings (SSSR count). The van der Waals surface area contributed by atoms with E-state index in [0.29, 0.717) is 12.5 Å². The summed E-state index contributed by atoms with van der Waals surface area (Å²) in [6.45, 7) is 2.26. The van der Waals surface area contributed by atoms with E-state index in [2.05, 4.69) is 22.0 Å². The molecule has 0 bridgehead atoms. The molecule has 0 spiro atoms. The third-order valence-corrected chi connectivity index (χ3v) is 6.26. The number of ether oxygens (including phenoxy) is 1. The van der Waals surface area contributed by atoms with Gasteiger partial charge < -0.3 is 9.64 Å². The Bertz CT molecular complexity index is 824. The van der Waals surface area contributed by atoms with Gasteiger partial charge in [0.2, 0.25) is 5.91 Å². The molecule has 2 aliphatic rings. The van der Waals surface area contributed by atoms with Crippen molar-refractivity contribution in [2.24, 2.45) is 0 Å². The first-order valence-electron chi connectivity index (χ1n) is 10.2. The Morgan fingerprint density at radius 2 is 2.03 bits per heavy atom. The molecule has 1 aromatic heterocycles. The minimum Gasteiger partial charge on any atom is -0.496 e. The number of benzene rings is 1. The van der Waals surface area contributed by atoms with Gasteiger partial charge in [0.05, 0.1) is 19.6 Å². The molecule has 156 valence electrons. The molecule has 2 atom stereocenters. The van der Waals surface area contributed by atoms with Crippen LogP contribution in [0.2, 0.25) is 0 Å². The molecular formula is C23H30ClN3O2. The van der Waals surface area contributed by atoms with Crippen LogP contribution in [0.3, 0.4) is 0 Å². The Labute approximate surface area is 179 Å². The fraction of sp³-hybridized carbons (Fsp3) is 0.478. The van der Waals surface area contributed by atoms with Crippen LogP contribution >= 0.6 is 12.4 Å². The number of pyridine rings is 1. The lowest BCUT2D eigenvalue weighted by Crippen LogP contribution is -2.48. The molecule has 1 aliphatic heterocycles. The van der Waals surface area contributed by atoms with Gasteiger partial charge in [0.15, 0.2) is 0 Å². The summed E-state index contributed by atoms with van der Waals surface area (Å²) in [5, 5.41) is 0. The highest BCUT2D eigenvalue weighted by Gasteiger charge is 2.39. The highest BCUT2D eigenvalue weighted by Crippen LogP contribution is 2.41. The summed E-state index contributed by atoms with van der Waals surface area (Å²) in [5.74, 6) is 1.08. The number of carbonyl (C=O) groups excluding carboxylic acids is 1. The fourth-order valence-corrected chi connectivity index (χ4v) is 4.86. The Hall–Kier alpha value is -2.11. The zero-order valence-electron chi connectivity index (χ0n) is 17.2. The maximum atomic E-state index is 13.2. The first-order chi connectivity index (χ1) is 13.7. The Balaban J connectivity index is 0.00000240. The number of aromatic nitrogens is 1. The number of hydrogen-bond acceptors (Lipinski definition) is 4. The van der Waals surface area contributed by atoms with Crippen molar-refractivity contribution in [2.45, 2.75) is 44.2 Å². The second kappa shape index (κ2) is 9.59. The number of carbonyl (C=O) groups is 1. The predicted molar refractivity (Wildman–Crippen MR) is 117 cm³/mol. The van der Waals surface area contributed by atoms with Crippen molar-refractivity contribution in [2.75, 3.05) is 27.2 Å². The first kappa shape index (κ1) is 21.6. The van der Waals surface area contributed by atoms with E-state index in [1.165, 1.54) is 24.0 Å². The SMILES string of the molecule is COc1cccc2c1CC[C@H](N1CCCC1)[C@H]2N(C)C(=O)Cc1cccnc1.Cl. The number of rotatable bonds is 5. The second-order valence-electron chi connectivity index (χ2n) is 7.86. The molecule has 1 aliphatic carbocycles. The van der Waals surface area contributed by atoms with Gasteiger partial charge in [-0.25, -0.2) is 0 Å². The largest absolute Gasteiger partial charge is 0.496 e. The molecule has 1 fully saturated rings. The molecule has 1 aromatic carbocycles. The van der Waals surface area contributed by atoms with Crippen LogP contribution in [0, 0.1) is 0 Å². The number of methoxy groups -OCH3 is 1. The van der Waals surface area contributed by atoms with Crippen molar-refractivity contribution < 1.29 is 9.53 Å². The van der Waals surface area contributed by atoms with E-state index in [4.69, 9.17) is 4.74 Å². The molecule has 0 N–H and O–H groups in total. The molecular weight excluding hydrogens is 386 g/mol. The van der Waals surface area contributed by atoms with Crippen molar-refractivity contribution in [3.8, 4) is 5.75 Å². The molecule has 2 heterocycles. The van der Waals surface area contributed by atoms with Gasteiger partial charge in [0.1, 0.15) is 5.75 Å². The Morgan fingerprint density at radius 1 is 1.24 bits per heavy atom. The van der Waals surface area contributed by atoms with Gasteiger partial charge in [-0.2, -0.15) is 0 Å². The van der Waals surface area contributed by atoms with Crippen LogP contribution in [0.15, 0.2) is 42.7 Å². The topological polar surface area (TPSA) is 45.7 Å². The van der Waals surface area contributed by atoms with Gasteiger partial charge in [0, 0.05) is 25.5 Å². The second-order valence-corrected chi connectivity index (χ2v) is 7.86. The van der Waals surface area contributed by atoms with Crippen LogP contribution in [0.1, 0.15) is 42.0 Å². The maximum Gasteiger partial charge on any atom is 0.227 e. The number of likely N-dealkylation sites (N-methyl/N-ethyl adjacent to an activating group) is 1. The summed E-state index contributed by atoms with van der Waals surface area (Å²) in [6, 6.07) is 10.5. The molecule has 6 heteroatoms. The Morgan fingerprint density at radius 3 is 2.72 bits per heavy atom. The summed E-state index contributed by atoms with van der Waals surface area (Å²) in [5.41, 5.74) is 3.45. The molecule has 1 saturated heterocycles. The minimum absolute atomic E-state index is 0. The van der Waals surface area contributed by atoms with E-state index in [-0.39, 0.29) is 24.4 Å². The lowest BCUT2D eigenvalue weighted by atomic mass is 9.81. The quantitative estimate of drug-likeness (QED) is 0.747. The predicted octanol–water partition coefficient (Wildman–Crippen LogP) is 3.66. The van der Waals surface area contributed by atoms with Gasteiger partial charge in [-0.05, 0) is 67.6 Å². The van der Waals surface area contributed by atoms with Gasteiger partial charge in [-0.3, -0.25) is 14.7 Å². The summed E-state index contributed by atoms with van der Waals surface area (Å²) in [7, 11) is 3.69. The van der Waals surface area contributed by atoms with Crippen molar-refractivity contribution in [3.05, 3.63) is 59.4 Å². The molecule has 0 saturated carbocycles. The third kappa shape index (κ3) is 4.41. The van der Waals surface area contributed by atoms with Gasteiger partial charge >= 0.3 is 0 Å². The van der Waals surface area contributed by atoms with Crippen molar-refractivity contribution in [1.29, 1.82) is 0 Å². The van der Waals surface area contributed by atoms with E-state index in [9.17, 15) is 4.79 Å². The number of hydrogen-bond donors (Lipinski definition) is 0. The lowest BCUT2D eigenvalue weighted by Gasteiger charge is -2.44. The van der Waals surface area contributed by atoms with Crippen LogP contribution < -0.4 is 4.74 Å². The minimum atomic E-state index is 0. The normalized spacial score (nSPS) is 21.2. The molecule has 2 aromatic rings. The zero-order valence-corrected chi connectivity index (χ0v) is 18.0. The summed E-state index contributed by atoms with van der Waals surface area (Å²) in [6.07, 6.45) is 8.46. The standard InChI is InChI=1S/C23H29N3O2.ClH/c1-25(22(27)15-17-7-6-12-24-16-17)23-19-8-5-9-21(28-2)18(19)10-11-20(23)26-13-3-4-14-26;/h5-9,12,16,20,23H,3-4,10-11,13-15H2,1-2H3;1H/t20-,23-;/m0./s1. The van der Waals surface area contributed by atoms with Crippen LogP contribution in [0.5, 0.6) is 5.75 Å². The number of amides is 1. The lowest BCUT2D eigenvalue weighted by molar-refractivity contribution is -0.133. The van der Waals surface area contributed by atoms with E-state index in [0.717, 1.165) is 37.2 Å². The number of halogens is 1. The number of likely N-dealkylation sites (tertiary alicyclic amines) is 1. The maximum absolute atomic E-state index is 13.2. The van der Waals surface area contributed by atoms with E-state index < -0.39 is 0 Å². The summed E-state index contributed by atoms with van der Waals surface area (Å²) >= 11 is 0. The van der Waals surface area contributed by atoms with Crippen molar-refractivity contribution in [1.82, 2.24) is 14.8 Å². The van der Waals surface area contributed by atoms with Crippen LogP contribution in [-0.4, -0.2) is 54.0 Å². The first-order valence-corrected chi connectivity index (χ1v) is 10.2. The van der Waals surface area contributed by atoms with Crippen molar-refractivity contribution in [3.63, 3.8) is 0 Å². The van der Waals surface area contributed by atoms with Gasteiger partial charge in [-0.15, -0.1) is 12.4 Å². The monoisotopic (exact) mass is 415 g/mol. The molecule has 0 unspecified atom stereocenters. The van der Waals surface area contributed by atoms with E-state index >= 15 is 0 Å². The number of fused-ring (bicyclic) bond motifs is 1. The zero-order chi connectivity index (χ0) is 19.5. The Kier molecular flexibility index (Phi) is 7.14. The smallest absolute Gasteiger partial charge is 0.227 e. The van der Waals surface area contributed by atoms with Crippen molar-refractivity contribution >= 4 is 18.3 Å². The van der Waals surface area contributed by atoms with E-state index in [1.807, 2.05) is 30.1 Å². The molecule has 0 radical (unpaired) electrons. The van der Waals surface area contributed by atoms with Crippen LogP contribution in [-0.2, 0) is 17.6 Å².